The first-order valence-corrected chi connectivity index (χ1v) is 7.12. The fourth-order valence-corrected chi connectivity index (χ4v) is 2.79. The largest absolute Gasteiger partial charge is 0.384 e. The molecule has 1 N–H and O–H groups in total. The summed E-state index contributed by atoms with van der Waals surface area (Å²) in [4.78, 5) is 14.7. The number of carbonyl (C=O) groups is 1. The van der Waals surface area contributed by atoms with Crippen LogP contribution in [-0.4, -0.2) is 42.3 Å². The molecule has 1 aromatic rings. The maximum absolute atomic E-state index is 12.1. The summed E-state index contributed by atoms with van der Waals surface area (Å²) in [5.74, 6) is 5.52. The molecule has 0 spiro atoms. The van der Waals surface area contributed by atoms with Crippen molar-refractivity contribution >= 4 is 17.2 Å². The van der Waals surface area contributed by atoms with E-state index >= 15 is 0 Å². The van der Waals surface area contributed by atoms with Gasteiger partial charge >= 0.3 is 0 Å². The van der Waals surface area contributed by atoms with Crippen LogP contribution in [0.25, 0.3) is 0 Å². The number of amides is 1. The number of hydrogen-bond donors (Lipinski definition) is 1. The quantitative estimate of drug-likeness (QED) is 0.847. The van der Waals surface area contributed by atoms with Crippen molar-refractivity contribution in [3.63, 3.8) is 0 Å². The van der Waals surface area contributed by atoms with E-state index in [0.717, 1.165) is 23.3 Å². The van der Waals surface area contributed by atoms with Crippen LogP contribution in [0.2, 0.25) is 0 Å². The average Bonchev–Trinajstić information content (AvgIpc) is 3.06. The summed E-state index contributed by atoms with van der Waals surface area (Å²) in [5, 5.41) is 10.6. The van der Waals surface area contributed by atoms with Gasteiger partial charge in [0.25, 0.3) is 5.91 Å². The molecule has 1 atom stereocenters. The lowest BCUT2D eigenvalue weighted by Crippen LogP contribution is -2.35. The molecule has 4 nitrogen and oxygen atoms in total. The predicted molar refractivity (Wildman–Crippen MR) is 73.7 cm³/mol. The van der Waals surface area contributed by atoms with E-state index in [2.05, 4.69) is 11.8 Å². The normalized spacial score (nSPS) is 17.9. The van der Waals surface area contributed by atoms with Crippen LogP contribution in [0.4, 0.5) is 0 Å². The molecule has 2 heterocycles. The standard InChI is InChI=1S/C14H17NO3S/c1-15(14(17)13-5-3-7-18-13)9-11-8-12(19-10-11)4-2-6-16/h8,10,13,16H,3,5-7,9H2,1H3. The topological polar surface area (TPSA) is 49.8 Å². The lowest BCUT2D eigenvalue weighted by Gasteiger charge is -2.19. The summed E-state index contributed by atoms with van der Waals surface area (Å²) in [6, 6.07) is 1.95. The number of likely N-dealkylation sites (N-methyl/N-ethyl adjacent to an activating group) is 1. The number of ether oxygens (including phenoxy) is 1. The Hall–Kier alpha value is -1.35. The van der Waals surface area contributed by atoms with E-state index in [1.165, 1.54) is 11.3 Å². The summed E-state index contributed by atoms with van der Waals surface area (Å²) in [7, 11) is 1.79. The van der Waals surface area contributed by atoms with Gasteiger partial charge in [-0.2, -0.15) is 0 Å². The van der Waals surface area contributed by atoms with Crippen molar-refractivity contribution in [1.82, 2.24) is 4.90 Å². The zero-order chi connectivity index (χ0) is 13.7. The molecule has 1 aliphatic rings. The van der Waals surface area contributed by atoms with E-state index < -0.39 is 0 Å². The third-order valence-corrected chi connectivity index (χ3v) is 3.84. The molecule has 5 heteroatoms. The van der Waals surface area contributed by atoms with E-state index in [9.17, 15) is 4.79 Å². The SMILES string of the molecule is CN(Cc1csc(C#CCO)c1)C(=O)C1CCCO1. The Kier molecular flexibility index (Phi) is 4.97. The van der Waals surface area contributed by atoms with Crippen LogP contribution in [0, 0.1) is 11.8 Å². The first-order valence-electron chi connectivity index (χ1n) is 6.24. The van der Waals surface area contributed by atoms with Crippen molar-refractivity contribution < 1.29 is 14.6 Å². The Labute approximate surface area is 117 Å². The Bertz CT molecular complexity index is 494. The third-order valence-electron chi connectivity index (χ3n) is 2.95. The first-order chi connectivity index (χ1) is 9.20. The van der Waals surface area contributed by atoms with Gasteiger partial charge in [0.2, 0.25) is 0 Å². The lowest BCUT2D eigenvalue weighted by atomic mass is 10.2. The molecular formula is C14H17NO3S. The highest BCUT2D eigenvalue weighted by Crippen LogP contribution is 2.18. The molecule has 0 aliphatic carbocycles. The van der Waals surface area contributed by atoms with Gasteiger partial charge in [0.15, 0.2) is 0 Å². The van der Waals surface area contributed by atoms with Gasteiger partial charge in [-0.15, -0.1) is 11.3 Å². The Morgan fingerprint density at radius 3 is 3.21 bits per heavy atom. The molecule has 1 aromatic heterocycles. The maximum atomic E-state index is 12.1. The second kappa shape index (κ2) is 6.71. The lowest BCUT2D eigenvalue weighted by molar-refractivity contribution is -0.140. The highest BCUT2D eigenvalue weighted by molar-refractivity contribution is 7.10. The third kappa shape index (κ3) is 3.80. The molecule has 0 radical (unpaired) electrons. The van der Waals surface area contributed by atoms with Crippen molar-refractivity contribution in [1.29, 1.82) is 0 Å². The number of thiophene rings is 1. The van der Waals surface area contributed by atoms with Crippen LogP contribution in [0.15, 0.2) is 11.4 Å². The highest BCUT2D eigenvalue weighted by atomic mass is 32.1. The van der Waals surface area contributed by atoms with Crippen molar-refractivity contribution in [3.8, 4) is 11.8 Å². The summed E-state index contributed by atoms with van der Waals surface area (Å²) >= 11 is 1.52. The summed E-state index contributed by atoms with van der Waals surface area (Å²) in [6.45, 7) is 1.12. The Balaban J connectivity index is 1.92. The van der Waals surface area contributed by atoms with Crippen molar-refractivity contribution in [3.05, 3.63) is 21.9 Å². The summed E-state index contributed by atoms with van der Waals surface area (Å²) in [6.07, 6.45) is 1.51. The zero-order valence-electron chi connectivity index (χ0n) is 10.9. The molecule has 19 heavy (non-hydrogen) atoms. The van der Waals surface area contributed by atoms with Gasteiger partial charge in [-0.25, -0.2) is 0 Å². The van der Waals surface area contributed by atoms with E-state index in [-0.39, 0.29) is 18.6 Å². The van der Waals surface area contributed by atoms with Gasteiger partial charge in [0, 0.05) is 20.2 Å². The number of hydrogen-bond acceptors (Lipinski definition) is 4. The average molecular weight is 279 g/mol. The Morgan fingerprint density at radius 2 is 2.53 bits per heavy atom. The minimum absolute atomic E-state index is 0.0479. The van der Waals surface area contributed by atoms with E-state index in [4.69, 9.17) is 9.84 Å². The molecule has 102 valence electrons. The minimum Gasteiger partial charge on any atom is -0.384 e. The van der Waals surface area contributed by atoms with E-state index in [0.29, 0.717) is 13.2 Å². The number of nitrogens with zero attached hydrogens (tertiary/aromatic N) is 1. The molecule has 0 aromatic carbocycles. The molecule has 1 aliphatic heterocycles. The molecule has 1 saturated heterocycles. The maximum Gasteiger partial charge on any atom is 0.251 e. The van der Waals surface area contributed by atoms with E-state index in [1.807, 2.05) is 11.4 Å². The van der Waals surface area contributed by atoms with E-state index in [1.54, 1.807) is 11.9 Å². The molecule has 0 bridgehead atoms. The van der Waals surface area contributed by atoms with Crippen molar-refractivity contribution in [2.75, 3.05) is 20.3 Å². The van der Waals surface area contributed by atoms with Crippen LogP contribution >= 0.6 is 11.3 Å². The van der Waals surface area contributed by atoms with Crippen LogP contribution < -0.4 is 0 Å². The molecule has 1 fully saturated rings. The number of carbonyl (C=O) groups excluding carboxylic acids is 1. The molecule has 0 saturated carbocycles. The smallest absolute Gasteiger partial charge is 0.251 e. The summed E-state index contributed by atoms with van der Waals surface area (Å²) in [5.41, 5.74) is 1.06. The minimum atomic E-state index is -0.266. The second-order valence-corrected chi connectivity index (χ2v) is 5.39. The van der Waals surface area contributed by atoms with Gasteiger partial charge in [-0.05, 0) is 29.9 Å². The van der Waals surface area contributed by atoms with Crippen LogP contribution in [0.1, 0.15) is 23.3 Å². The fraction of sp³-hybridized carbons (Fsp3) is 0.500. The van der Waals surface area contributed by atoms with Crippen LogP contribution in [0.5, 0.6) is 0 Å². The van der Waals surface area contributed by atoms with Gasteiger partial charge in [-0.1, -0.05) is 11.8 Å². The second-order valence-electron chi connectivity index (χ2n) is 4.48. The summed E-state index contributed by atoms with van der Waals surface area (Å²) < 4.78 is 5.39. The molecule has 1 unspecified atom stereocenters. The first kappa shape index (κ1) is 14.1. The van der Waals surface area contributed by atoms with Crippen molar-refractivity contribution in [2.45, 2.75) is 25.5 Å². The zero-order valence-corrected chi connectivity index (χ0v) is 11.7. The van der Waals surface area contributed by atoms with Crippen molar-refractivity contribution in [2.24, 2.45) is 0 Å². The van der Waals surface area contributed by atoms with Gasteiger partial charge < -0.3 is 14.7 Å². The molecular weight excluding hydrogens is 262 g/mol. The van der Waals surface area contributed by atoms with Gasteiger partial charge in [-0.3, -0.25) is 4.79 Å². The van der Waals surface area contributed by atoms with Crippen LogP contribution in [0.3, 0.4) is 0 Å². The molecule has 1 amide bonds. The fourth-order valence-electron chi connectivity index (χ4n) is 2.02. The predicted octanol–water partition coefficient (Wildman–Crippen LogP) is 1.23. The van der Waals surface area contributed by atoms with Gasteiger partial charge in [0.05, 0.1) is 4.88 Å². The monoisotopic (exact) mass is 279 g/mol. The number of aliphatic hydroxyl groups excluding tert-OH is 1. The van der Waals surface area contributed by atoms with Gasteiger partial charge in [0.1, 0.15) is 12.7 Å². The highest BCUT2D eigenvalue weighted by Gasteiger charge is 2.26. The Morgan fingerprint density at radius 1 is 1.68 bits per heavy atom. The number of rotatable bonds is 3. The molecule has 2 rings (SSSR count). The van der Waals surface area contributed by atoms with Crippen LogP contribution in [-0.2, 0) is 16.1 Å². The number of aliphatic hydroxyl groups is 1.